The minimum Gasteiger partial charge on any atom is -0.493 e. The number of hydrogen-bond donors (Lipinski definition) is 2. The van der Waals surface area contributed by atoms with Crippen molar-refractivity contribution in [3.63, 3.8) is 0 Å². The maximum Gasteiger partial charge on any atom is 0.200 e. The molecule has 0 aliphatic heterocycles. The minimum atomic E-state index is 0.262. The van der Waals surface area contributed by atoms with Crippen LogP contribution in [-0.2, 0) is 0 Å². The first-order valence-corrected chi connectivity index (χ1v) is 5.45. The van der Waals surface area contributed by atoms with Crippen molar-refractivity contribution in [1.29, 1.82) is 0 Å². The van der Waals surface area contributed by atoms with Crippen LogP contribution >= 0.6 is 0 Å². The molecule has 2 aromatic rings. The molecule has 5 heteroatoms. The summed E-state index contributed by atoms with van der Waals surface area (Å²) in [6.07, 6.45) is 1.64. The number of guanidine groups is 1. The Labute approximate surface area is 105 Å². The van der Waals surface area contributed by atoms with Gasteiger partial charge in [-0.25, -0.2) is 4.98 Å². The third-order valence-corrected chi connectivity index (χ3v) is 2.24. The van der Waals surface area contributed by atoms with E-state index in [0.29, 0.717) is 11.6 Å². The highest BCUT2D eigenvalue weighted by Crippen LogP contribution is 2.23. The molecule has 0 amide bonds. The predicted octanol–water partition coefficient (Wildman–Crippen LogP) is 2.15. The normalized spacial score (nSPS) is 11.1. The number of benzene rings is 1. The van der Waals surface area contributed by atoms with Gasteiger partial charge in [0.25, 0.3) is 0 Å². The summed E-state index contributed by atoms with van der Waals surface area (Å²) in [5, 5.41) is 2.97. The lowest BCUT2D eigenvalue weighted by Crippen LogP contribution is -2.22. The van der Waals surface area contributed by atoms with Crippen LogP contribution in [0.3, 0.4) is 0 Å². The maximum atomic E-state index is 5.80. The second-order valence-corrected chi connectivity index (χ2v) is 3.52. The Balaban J connectivity index is 2.18. The Morgan fingerprint density at radius 1 is 1.22 bits per heavy atom. The zero-order chi connectivity index (χ0) is 12.8. The number of nitrogens with two attached hydrogens (primary N) is 1. The van der Waals surface area contributed by atoms with E-state index in [-0.39, 0.29) is 5.96 Å². The first-order chi connectivity index (χ1) is 8.79. The highest BCUT2D eigenvalue weighted by atomic mass is 16.5. The summed E-state index contributed by atoms with van der Waals surface area (Å²) in [5.41, 5.74) is 6.67. The molecule has 1 aromatic carbocycles. The second kappa shape index (κ2) is 5.67. The number of methoxy groups -OCH3 is 1. The molecule has 1 aromatic heterocycles. The second-order valence-electron chi connectivity index (χ2n) is 3.52. The molecule has 18 heavy (non-hydrogen) atoms. The summed E-state index contributed by atoms with van der Waals surface area (Å²) < 4.78 is 5.14. The van der Waals surface area contributed by atoms with Crippen LogP contribution < -0.4 is 15.8 Å². The lowest BCUT2D eigenvalue weighted by Gasteiger charge is -2.06. The van der Waals surface area contributed by atoms with Gasteiger partial charge in [-0.1, -0.05) is 18.2 Å². The maximum absolute atomic E-state index is 5.80. The third kappa shape index (κ3) is 2.98. The first-order valence-electron chi connectivity index (χ1n) is 5.45. The zero-order valence-corrected chi connectivity index (χ0v) is 10.00. The summed E-state index contributed by atoms with van der Waals surface area (Å²) in [6, 6.07) is 13.1. The number of ether oxygens (including phenoxy) is 1. The molecule has 0 atom stereocenters. The van der Waals surface area contributed by atoms with Crippen molar-refractivity contribution in [3.8, 4) is 5.75 Å². The van der Waals surface area contributed by atoms with E-state index in [1.54, 1.807) is 25.4 Å². The molecular formula is C13H14N4O. The molecule has 3 N–H and O–H groups in total. The number of pyridine rings is 1. The average molecular weight is 242 g/mol. The molecule has 0 unspecified atom stereocenters. The Kier molecular flexibility index (Phi) is 3.76. The number of anilines is 1. The van der Waals surface area contributed by atoms with Gasteiger partial charge in [-0.15, -0.1) is 0 Å². The fourth-order valence-electron chi connectivity index (χ4n) is 1.44. The van der Waals surface area contributed by atoms with E-state index < -0.39 is 0 Å². The molecule has 0 spiro atoms. The smallest absolute Gasteiger partial charge is 0.200 e. The van der Waals surface area contributed by atoms with Crippen LogP contribution in [0, 0.1) is 0 Å². The largest absolute Gasteiger partial charge is 0.493 e. The van der Waals surface area contributed by atoms with Crippen LogP contribution in [0.25, 0.3) is 0 Å². The Morgan fingerprint density at radius 2 is 2.00 bits per heavy atom. The van der Waals surface area contributed by atoms with E-state index in [4.69, 9.17) is 10.5 Å². The van der Waals surface area contributed by atoms with Crippen molar-refractivity contribution in [3.05, 3.63) is 48.7 Å². The molecule has 0 aliphatic rings. The van der Waals surface area contributed by atoms with E-state index >= 15 is 0 Å². The van der Waals surface area contributed by atoms with Crippen LogP contribution in [0.4, 0.5) is 11.5 Å². The summed E-state index contributed by atoms with van der Waals surface area (Å²) in [6.45, 7) is 0. The van der Waals surface area contributed by atoms with Crippen molar-refractivity contribution >= 4 is 17.5 Å². The van der Waals surface area contributed by atoms with E-state index in [2.05, 4.69) is 15.3 Å². The SMILES string of the molecule is COc1cccnc1N=C(N)Nc1ccccc1. The average Bonchev–Trinajstić information content (AvgIpc) is 2.40. The van der Waals surface area contributed by atoms with Crippen LogP contribution in [0.15, 0.2) is 53.7 Å². The van der Waals surface area contributed by atoms with E-state index in [9.17, 15) is 0 Å². The standard InChI is InChI=1S/C13H14N4O/c1-18-11-8-5-9-15-12(11)17-13(14)16-10-6-3-2-4-7-10/h2-9H,1H3,(H3,14,15,16,17). The molecule has 1 heterocycles. The summed E-state index contributed by atoms with van der Waals surface area (Å²) in [7, 11) is 1.57. The highest BCUT2D eigenvalue weighted by Gasteiger charge is 2.02. The van der Waals surface area contributed by atoms with Crippen molar-refractivity contribution < 1.29 is 4.74 Å². The van der Waals surface area contributed by atoms with Gasteiger partial charge in [0.15, 0.2) is 17.5 Å². The van der Waals surface area contributed by atoms with Gasteiger partial charge in [-0.2, -0.15) is 4.99 Å². The molecule has 0 aliphatic carbocycles. The quantitative estimate of drug-likeness (QED) is 0.639. The number of rotatable bonds is 3. The monoisotopic (exact) mass is 242 g/mol. The van der Waals surface area contributed by atoms with Gasteiger partial charge in [-0.05, 0) is 24.3 Å². The molecule has 0 fully saturated rings. The van der Waals surface area contributed by atoms with Gasteiger partial charge in [0.1, 0.15) is 0 Å². The molecule has 5 nitrogen and oxygen atoms in total. The van der Waals surface area contributed by atoms with E-state index in [0.717, 1.165) is 5.69 Å². The number of nitrogens with zero attached hydrogens (tertiary/aromatic N) is 2. The predicted molar refractivity (Wildman–Crippen MR) is 72.1 cm³/mol. The highest BCUT2D eigenvalue weighted by molar-refractivity contribution is 5.94. The van der Waals surface area contributed by atoms with Crippen LogP contribution in [-0.4, -0.2) is 18.1 Å². The number of aliphatic imine (C=N–C) groups is 1. The number of hydrogen-bond acceptors (Lipinski definition) is 3. The van der Waals surface area contributed by atoms with Gasteiger partial charge >= 0.3 is 0 Å². The van der Waals surface area contributed by atoms with E-state index in [1.165, 1.54) is 0 Å². The summed E-state index contributed by atoms with van der Waals surface area (Å²) >= 11 is 0. The Morgan fingerprint density at radius 3 is 2.72 bits per heavy atom. The van der Waals surface area contributed by atoms with Crippen molar-refractivity contribution in [2.45, 2.75) is 0 Å². The van der Waals surface area contributed by atoms with Gasteiger partial charge in [0, 0.05) is 11.9 Å². The van der Waals surface area contributed by atoms with Gasteiger partial charge in [0.2, 0.25) is 0 Å². The molecule has 0 saturated carbocycles. The third-order valence-electron chi connectivity index (χ3n) is 2.24. The van der Waals surface area contributed by atoms with Crippen molar-refractivity contribution in [1.82, 2.24) is 4.98 Å². The van der Waals surface area contributed by atoms with Gasteiger partial charge in [0.05, 0.1) is 7.11 Å². The van der Waals surface area contributed by atoms with Gasteiger partial charge in [-0.3, -0.25) is 0 Å². The van der Waals surface area contributed by atoms with Crippen molar-refractivity contribution in [2.24, 2.45) is 10.7 Å². The first kappa shape index (κ1) is 11.9. The number of aromatic nitrogens is 1. The van der Waals surface area contributed by atoms with Crippen LogP contribution in [0.5, 0.6) is 5.75 Å². The van der Waals surface area contributed by atoms with Crippen molar-refractivity contribution in [2.75, 3.05) is 12.4 Å². The molecule has 0 radical (unpaired) electrons. The lowest BCUT2D eigenvalue weighted by atomic mass is 10.3. The topological polar surface area (TPSA) is 72.5 Å². The molecule has 2 rings (SSSR count). The summed E-state index contributed by atoms with van der Waals surface area (Å²) in [5.74, 6) is 1.29. The zero-order valence-electron chi connectivity index (χ0n) is 10.00. The summed E-state index contributed by atoms with van der Waals surface area (Å²) in [4.78, 5) is 8.27. The molecular weight excluding hydrogens is 228 g/mol. The van der Waals surface area contributed by atoms with Gasteiger partial charge < -0.3 is 15.8 Å². The minimum absolute atomic E-state index is 0.262. The number of para-hydroxylation sites is 1. The Bertz CT molecular complexity index is 540. The molecule has 92 valence electrons. The fourth-order valence-corrected chi connectivity index (χ4v) is 1.44. The fraction of sp³-hybridized carbons (Fsp3) is 0.0769. The molecule has 0 bridgehead atoms. The molecule has 0 saturated heterocycles. The van der Waals surface area contributed by atoms with Crippen LogP contribution in [0.2, 0.25) is 0 Å². The Hall–Kier alpha value is -2.56. The number of nitrogens with one attached hydrogen (secondary N) is 1. The van der Waals surface area contributed by atoms with Crippen LogP contribution in [0.1, 0.15) is 0 Å². The lowest BCUT2D eigenvalue weighted by molar-refractivity contribution is 0.414. The van der Waals surface area contributed by atoms with E-state index in [1.807, 2.05) is 30.3 Å².